The molecular formula is C13H14N2O2. The maximum absolute atomic E-state index is 11.8. The third-order valence-electron chi connectivity index (χ3n) is 2.07. The largest absolute Gasteiger partial charge is 0.454 e. The minimum absolute atomic E-state index is 0.0959. The maximum atomic E-state index is 11.8. The smallest absolute Gasteiger partial charge is 0.376 e. The third-order valence-corrected chi connectivity index (χ3v) is 2.07. The first-order chi connectivity index (χ1) is 7.96. The van der Waals surface area contributed by atoms with Crippen LogP contribution in [0, 0.1) is 0 Å². The Bertz CT molecular complexity index is 559. The summed E-state index contributed by atoms with van der Waals surface area (Å²) in [6.07, 6.45) is 1.63. The lowest BCUT2D eigenvalue weighted by Gasteiger charge is -2.18. The van der Waals surface area contributed by atoms with Crippen molar-refractivity contribution in [3.63, 3.8) is 0 Å². The van der Waals surface area contributed by atoms with E-state index in [-0.39, 0.29) is 5.82 Å². The van der Waals surface area contributed by atoms with Crippen molar-refractivity contribution in [1.29, 1.82) is 0 Å². The fraction of sp³-hybridized carbons (Fsp3) is 0.308. The van der Waals surface area contributed by atoms with E-state index in [0.29, 0.717) is 0 Å². The van der Waals surface area contributed by atoms with Crippen molar-refractivity contribution in [2.24, 2.45) is 0 Å². The third kappa shape index (κ3) is 2.78. The summed E-state index contributed by atoms with van der Waals surface area (Å²) in [5.74, 6) is -0.401. The summed E-state index contributed by atoms with van der Waals surface area (Å²) in [6.45, 7) is 5.43. The topological polar surface area (TPSA) is 52.1 Å². The second kappa shape index (κ2) is 4.13. The van der Waals surface area contributed by atoms with Gasteiger partial charge in [-0.2, -0.15) is 0 Å². The molecule has 4 heteroatoms. The number of carbonyl (C=O) groups excluding carboxylic acids is 1. The first kappa shape index (κ1) is 11.5. The van der Waals surface area contributed by atoms with Crippen molar-refractivity contribution in [3.8, 4) is 0 Å². The number of hydrogen-bond acceptors (Lipinski definition) is 4. The number of ether oxygens (including phenoxy) is 1. The van der Waals surface area contributed by atoms with Gasteiger partial charge in [0.25, 0.3) is 0 Å². The minimum Gasteiger partial charge on any atom is -0.454 e. The molecule has 0 aliphatic rings. The Balaban J connectivity index is 2.33. The number of fused-ring (bicyclic) bond motifs is 1. The van der Waals surface area contributed by atoms with Crippen LogP contribution in [-0.2, 0) is 4.74 Å². The van der Waals surface area contributed by atoms with Crippen molar-refractivity contribution in [3.05, 3.63) is 36.3 Å². The van der Waals surface area contributed by atoms with Gasteiger partial charge in [-0.25, -0.2) is 14.8 Å². The number of aromatic nitrogens is 2. The molecule has 1 heterocycles. The van der Waals surface area contributed by atoms with E-state index in [1.807, 2.05) is 45.0 Å². The molecule has 0 spiro atoms. The second-order valence-electron chi connectivity index (χ2n) is 4.75. The van der Waals surface area contributed by atoms with E-state index in [0.717, 1.165) is 10.9 Å². The van der Waals surface area contributed by atoms with Crippen LogP contribution in [0.25, 0.3) is 10.9 Å². The van der Waals surface area contributed by atoms with Crippen LogP contribution in [0.15, 0.2) is 30.5 Å². The number of benzene rings is 1. The van der Waals surface area contributed by atoms with Gasteiger partial charge in [-0.05, 0) is 26.8 Å². The van der Waals surface area contributed by atoms with Gasteiger partial charge in [-0.15, -0.1) is 0 Å². The second-order valence-corrected chi connectivity index (χ2v) is 4.75. The Morgan fingerprint density at radius 1 is 1.24 bits per heavy atom. The van der Waals surface area contributed by atoms with Crippen LogP contribution < -0.4 is 0 Å². The highest BCUT2D eigenvalue weighted by Gasteiger charge is 2.20. The summed E-state index contributed by atoms with van der Waals surface area (Å²) in [6, 6.07) is 7.51. The first-order valence-electron chi connectivity index (χ1n) is 5.41. The fourth-order valence-corrected chi connectivity index (χ4v) is 1.39. The van der Waals surface area contributed by atoms with Gasteiger partial charge >= 0.3 is 5.97 Å². The molecule has 0 radical (unpaired) electrons. The highest BCUT2D eigenvalue weighted by Crippen LogP contribution is 2.13. The predicted octanol–water partition coefficient (Wildman–Crippen LogP) is 2.59. The molecule has 0 saturated carbocycles. The Kier molecular flexibility index (Phi) is 2.79. The average Bonchev–Trinajstić information content (AvgIpc) is 2.26. The van der Waals surface area contributed by atoms with Gasteiger partial charge in [-0.3, -0.25) is 0 Å². The Labute approximate surface area is 99.7 Å². The number of rotatable bonds is 1. The van der Waals surface area contributed by atoms with E-state index in [1.54, 1.807) is 6.20 Å². The first-order valence-corrected chi connectivity index (χ1v) is 5.41. The Hall–Kier alpha value is -1.97. The molecule has 4 nitrogen and oxygen atoms in total. The zero-order valence-electron chi connectivity index (χ0n) is 10.1. The molecule has 0 amide bonds. The van der Waals surface area contributed by atoms with Gasteiger partial charge in [0.1, 0.15) is 5.60 Å². The number of para-hydroxylation sites is 1. The number of hydrogen-bond donors (Lipinski definition) is 0. The lowest BCUT2D eigenvalue weighted by molar-refractivity contribution is 0.00561. The summed E-state index contributed by atoms with van der Waals surface area (Å²) in [4.78, 5) is 19.9. The molecule has 1 aromatic carbocycles. The van der Waals surface area contributed by atoms with E-state index >= 15 is 0 Å². The zero-order chi connectivity index (χ0) is 12.5. The highest BCUT2D eigenvalue weighted by atomic mass is 16.6. The van der Waals surface area contributed by atoms with Crippen LogP contribution in [0.5, 0.6) is 0 Å². The van der Waals surface area contributed by atoms with E-state index in [9.17, 15) is 4.79 Å². The highest BCUT2D eigenvalue weighted by molar-refractivity contribution is 5.88. The number of esters is 1. The van der Waals surface area contributed by atoms with Crippen molar-refractivity contribution in [2.75, 3.05) is 0 Å². The quantitative estimate of drug-likeness (QED) is 0.706. The predicted molar refractivity (Wildman–Crippen MR) is 64.7 cm³/mol. The van der Waals surface area contributed by atoms with Crippen molar-refractivity contribution in [1.82, 2.24) is 9.97 Å². The molecule has 1 aromatic heterocycles. The van der Waals surface area contributed by atoms with Gasteiger partial charge < -0.3 is 4.74 Å². The van der Waals surface area contributed by atoms with Gasteiger partial charge in [-0.1, -0.05) is 18.2 Å². The van der Waals surface area contributed by atoms with Gasteiger partial charge in [0, 0.05) is 11.6 Å². The SMILES string of the molecule is CC(C)(C)OC(=O)c1ncc2ccccc2n1. The monoisotopic (exact) mass is 230 g/mol. The van der Waals surface area contributed by atoms with E-state index in [2.05, 4.69) is 9.97 Å². The van der Waals surface area contributed by atoms with E-state index in [1.165, 1.54) is 0 Å². The maximum Gasteiger partial charge on any atom is 0.376 e. The van der Waals surface area contributed by atoms with Crippen molar-refractivity contribution in [2.45, 2.75) is 26.4 Å². The molecular weight excluding hydrogens is 216 g/mol. The fourth-order valence-electron chi connectivity index (χ4n) is 1.39. The Morgan fingerprint density at radius 3 is 2.65 bits per heavy atom. The molecule has 0 fully saturated rings. The van der Waals surface area contributed by atoms with Gasteiger partial charge in [0.2, 0.25) is 5.82 Å². The zero-order valence-corrected chi connectivity index (χ0v) is 10.1. The number of carbonyl (C=O) groups is 1. The molecule has 0 aliphatic heterocycles. The number of nitrogens with zero attached hydrogens (tertiary/aromatic N) is 2. The molecule has 0 aliphatic carbocycles. The average molecular weight is 230 g/mol. The van der Waals surface area contributed by atoms with Gasteiger partial charge in [0.15, 0.2) is 0 Å². The molecule has 0 saturated heterocycles. The van der Waals surface area contributed by atoms with Crippen LogP contribution in [0.4, 0.5) is 0 Å². The molecule has 88 valence electrons. The Morgan fingerprint density at radius 2 is 1.94 bits per heavy atom. The summed E-state index contributed by atoms with van der Waals surface area (Å²) in [5, 5.41) is 0.903. The molecule has 0 atom stereocenters. The summed E-state index contributed by atoms with van der Waals surface area (Å²) in [7, 11) is 0. The summed E-state index contributed by atoms with van der Waals surface area (Å²) < 4.78 is 5.21. The molecule has 0 bridgehead atoms. The van der Waals surface area contributed by atoms with Crippen LogP contribution in [0.2, 0.25) is 0 Å². The van der Waals surface area contributed by atoms with Crippen molar-refractivity contribution >= 4 is 16.9 Å². The van der Waals surface area contributed by atoms with E-state index < -0.39 is 11.6 Å². The summed E-state index contributed by atoms with van der Waals surface area (Å²) in [5.41, 5.74) is 0.204. The molecule has 0 N–H and O–H groups in total. The van der Waals surface area contributed by atoms with Gasteiger partial charge in [0.05, 0.1) is 5.52 Å². The standard InChI is InChI=1S/C13H14N2O2/c1-13(2,3)17-12(16)11-14-8-9-6-4-5-7-10(9)15-11/h4-8H,1-3H3. The minimum atomic E-state index is -0.536. The molecule has 17 heavy (non-hydrogen) atoms. The molecule has 0 unspecified atom stereocenters. The molecule has 2 rings (SSSR count). The molecule has 2 aromatic rings. The van der Waals surface area contributed by atoms with Crippen LogP contribution >= 0.6 is 0 Å². The lowest BCUT2D eigenvalue weighted by Crippen LogP contribution is -2.25. The van der Waals surface area contributed by atoms with Crippen LogP contribution in [0.3, 0.4) is 0 Å². The lowest BCUT2D eigenvalue weighted by atomic mass is 10.2. The normalized spacial score (nSPS) is 11.5. The van der Waals surface area contributed by atoms with Crippen molar-refractivity contribution < 1.29 is 9.53 Å². The van der Waals surface area contributed by atoms with E-state index in [4.69, 9.17) is 4.74 Å². The van der Waals surface area contributed by atoms with Crippen LogP contribution in [-0.4, -0.2) is 21.5 Å². The van der Waals surface area contributed by atoms with Crippen LogP contribution in [0.1, 0.15) is 31.4 Å². The summed E-state index contributed by atoms with van der Waals surface area (Å²) >= 11 is 0.